The molecule has 0 bridgehead atoms. The van der Waals surface area contributed by atoms with Crippen molar-refractivity contribution in [3.8, 4) is 6.07 Å². The van der Waals surface area contributed by atoms with E-state index in [1.54, 1.807) is 11.9 Å². The van der Waals surface area contributed by atoms with E-state index in [1.807, 2.05) is 30.3 Å². The van der Waals surface area contributed by atoms with Gasteiger partial charge >= 0.3 is 0 Å². The molecule has 0 radical (unpaired) electrons. The van der Waals surface area contributed by atoms with Crippen LogP contribution in [0.2, 0.25) is 5.02 Å². The first-order valence-corrected chi connectivity index (χ1v) is 5.86. The molecule has 0 saturated carbocycles. The van der Waals surface area contributed by atoms with Crippen LogP contribution in [0.4, 0.5) is 0 Å². The molecule has 0 unspecified atom stereocenters. The molecule has 1 amide bonds. The van der Waals surface area contributed by atoms with Crippen LogP contribution in [0.15, 0.2) is 24.3 Å². The van der Waals surface area contributed by atoms with E-state index in [0.29, 0.717) is 18.0 Å². The SMILES string of the molecule is CN(CCc1ccc(Cl)cc1)C(=O)CCC#N. The van der Waals surface area contributed by atoms with Crippen molar-refractivity contribution in [2.24, 2.45) is 0 Å². The van der Waals surface area contributed by atoms with Gasteiger partial charge in [-0.2, -0.15) is 5.26 Å². The fraction of sp³-hybridized carbons (Fsp3) is 0.385. The molecule has 0 saturated heterocycles. The summed E-state index contributed by atoms with van der Waals surface area (Å²) in [5, 5.41) is 9.11. The molecule has 0 aliphatic heterocycles. The van der Waals surface area contributed by atoms with E-state index in [-0.39, 0.29) is 12.3 Å². The molecule has 0 spiro atoms. The standard InChI is InChI=1S/C13H15ClN2O/c1-16(13(17)3-2-9-15)10-8-11-4-6-12(14)7-5-11/h4-7H,2-3,8,10H2,1H3. The van der Waals surface area contributed by atoms with Crippen molar-refractivity contribution in [2.45, 2.75) is 19.3 Å². The van der Waals surface area contributed by atoms with Gasteiger partial charge in [-0.3, -0.25) is 4.79 Å². The zero-order valence-corrected chi connectivity index (χ0v) is 10.6. The molecule has 0 aromatic heterocycles. The highest BCUT2D eigenvalue weighted by molar-refractivity contribution is 6.30. The summed E-state index contributed by atoms with van der Waals surface area (Å²) in [7, 11) is 1.76. The normalized spacial score (nSPS) is 9.71. The first-order valence-electron chi connectivity index (χ1n) is 5.49. The van der Waals surface area contributed by atoms with E-state index >= 15 is 0 Å². The second kappa shape index (κ2) is 6.93. The lowest BCUT2D eigenvalue weighted by atomic mass is 10.1. The van der Waals surface area contributed by atoms with Gasteiger partial charge in [-0.15, -0.1) is 0 Å². The van der Waals surface area contributed by atoms with Crippen molar-refractivity contribution in [3.63, 3.8) is 0 Å². The number of benzene rings is 1. The van der Waals surface area contributed by atoms with Gasteiger partial charge in [-0.1, -0.05) is 23.7 Å². The lowest BCUT2D eigenvalue weighted by molar-refractivity contribution is -0.129. The van der Waals surface area contributed by atoms with Gasteiger partial charge in [0.05, 0.1) is 6.07 Å². The molecule has 17 heavy (non-hydrogen) atoms. The van der Waals surface area contributed by atoms with Gasteiger partial charge in [0.15, 0.2) is 0 Å². The number of hydrogen-bond acceptors (Lipinski definition) is 2. The van der Waals surface area contributed by atoms with E-state index in [2.05, 4.69) is 0 Å². The van der Waals surface area contributed by atoms with Crippen molar-refractivity contribution < 1.29 is 4.79 Å². The monoisotopic (exact) mass is 250 g/mol. The number of likely N-dealkylation sites (N-methyl/N-ethyl adjacent to an activating group) is 1. The second-order valence-corrected chi connectivity index (χ2v) is 4.29. The van der Waals surface area contributed by atoms with Crippen LogP contribution in [-0.4, -0.2) is 24.4 Å². The van der Waals surface area contributed by atoms with Gasteiger partial charge in [-0.25, -0.2) is 0 Å². The van der Waals surface area contributed by atoms with Gasteiger partial charge in [0.1, 0.15) is 0 Å². The molecule has 0 heterocycles. The highest BCUT2D eigenvalue weighted by Crippen LogP contribution is 2.10. The quantitative estimate of drug-likeness (QED) is 0.806. The summed E-state index contributed by atoms with van der Waals surface area (Å²) in [5.74, 6) is 0.0144. The number of hydrogen-bond donors (Lipinski definition) is 0. The zero-order valence-electron chi connectivity index (χ0n) is 9.82. The molecule has 3 nitrogen and oxygen atoms in total. The first-order chi connectivity index (χ1) is 8.13. The smallest absolute Gasteiger partial charge is 0.223 e. The minimum Gasteiger partial charge on any atom is -0.345 e. The van der Waals surface area contributed by atoms with E-state index in [1.165, 1.54) is 0 Å². The number of rotatable bonds is 5. The van der Waals surface area contributed by atoms with Crippen molar-refractivity contribution in [2.75, 3.05) is 13.6 Å². The Hall–Kier alpha value is -1.53. The van der Waals surface area contributed by atoms with Gasteiger partial charge in [-0.05, 0) is 24.1 Å². The maximum atomic E-state index is 11.5. The van der Waals surface area contributed by atoms with Crippen LogP contribution in [0.3, 0.4) is 0 Å². The van der Waals surface area contributed by atoms with Crippen LogP contribution in [0.25, 0.3) is 0 Å². The van der Waals surface area contributed by atoms with E-state index in [0.717, 1.165) is 12.0 Å². The van der Waals surface area contributed by atoms with E-state index < -0.39 is 0 Å². The van der Waals surface area contributed by atoms with Crippen molar-refractivity contribution in [3.05, 3.63) is 34.9 Å². The third kappa shape index (κ3) is 4.88. The predicted octanol–water partition coefficient (Wildman–Crippen LogP) is 2.64. The molecular weight excluding hydrogens is 236 g/mol. The second-order valence-electron chi connectivity index (χ2n) is 3.85. The topological polar surface area (TPSA) is 44.1 Å². The van der Waals surface area contributed by atoms with Gasteiger partial charge in [0, 0.05) is 31.5 Å². The van der Waals surface area contributed by atoms with Crippen LogP contribution in [0.1, 0.15) is 18.4 Å². The Kier molecular flexibility index (Phi) is 5.51. The molecule has 1 rings (SSSR count). The maximum absolute atomic E-state index is 11.5. The average Bonchev–Trinajstić information content (AvgIpc) is 2.34. The van der Waals surface area contributed by atoms with Crippen molar-refractivity contribution in [1.82, 2.24) is 4.90 Å². The summed E-state index contributed by atoms with van der Waals surface area (Å²) in [5.41, 5.74) is 1.15. The fourth-order valence-corrected chi connectivity index (χ4v) is 1.55. The molecule has 1 aromatic rings. The summed E-state index contributed by atoms with van der Waals surface area (Å²) in [6.07, 6.45) is 1.38. The third-order valence-corrected chi connectivity index (χ3v) is 2.78. The molecule has 0 fully saturated rings. The van der Waals surface area contributed by atoms with Crippen LogP contribution >= 0.6 is 11.6 Å². The van der Waals surface area contributed by atoms with Gasteiger partial charge in [0.25, 0.3) is 0 Å². The van der Waals surface area contributed by atoms with Crippen molar-refractivity contribution in [1.29, 1.82) is 5.26 Å². The summed E-state index contributed by atoms with van der Waals surface area (Å²) < 4.78 is 0. The Bertz CT molecular complexity index is 408. The Balaban J connectivity index is 2.37. The Morgan fingerprint density at radius 2 is 2.06 bits per heavy atom. The number of halogens is 1. The minimum atomic E-state index is 0.0144. The molecule has 0 aliphatic carbocycles. The molecule has 4 heteroatoms. The Labute approximate surface area is 107 Å². The van der Waals surface area contributed by atoms with E-state index in [9.17, 15) is 4.79 Å². The zero-order chi connectivity index (χ0) is 12.7. The molecular formula is C13H15ClN2O. The Morgan fingerprint density at radius 1 is 1.41 bits per heavy atom. The molecule has 0 atom stereocenters. The van der Waals surface area contributed by atoms with Crippen LogP contribution in [0.5, 0.6) is 0 Å². The van der Waals surface area contributed by atoms with Gasteiger partial charge in [0.2, 0.25) is 5.91 Å². The number of carbonyl (C=O) groups excluding carboxylic acids is 1. The van der Waals surface area contributed by atoms with Crippen LogP contribution < -0.4 is 0 Å². The number of amides is 1. The number of carbonyl (C=O) groups is 1. The number of nitriles is 1. The molecule has 0 N–H and O–H groups in total. The Morgan fingerprint density at radius 3 is 2.65 bits per heavy atom. The van der Waals surface area contributed by atoms with E-state index in [4.69, 9.17) is 16.9 Å². The maximum Gasteiger partial charge on any atom is 0.223 e. The third-order valence-electron chi connectivity index (χ3n) is 2.53. The summed E-state index contributed by atoms with van der Waals surface area (Å²) >= 11 is 5.79. The van der Waals surface area contributed by atoms with Gasteiger partial charge < -0.3 is 4.90 Å². The van der Waals surface area contributed by atoms with Crippen molar-refractivity contribution >= 4 is 17.5 Å². The number of nitrogens with zero attached hydrogens (tertiary/aromatic N) is 2. The summed E-state index contributed by atoms with van der Waals surface area (Å²) in [4.78, 5) is 13.2. The highest BCUT2D eigenvalue weighted by Gasteiger charge is 2.07. The highest BCUT2D eigenvalue weighted by atomic mass is 35.5. The molecule has 1 aromatic carbocycles. The van der Waals surface area contributed by atoms with Crippen LogP contribution in [0, 0.1) is 11.3 Å². The van der Waals surface area contributed by atoms with Crippen LogP contribution in [-0.2, 0) is 11.2 Å². The predicted molar refractivity (Wildman–Crippen MR) is 67.6 cm³/mol. The summed E-state index contributed by atoms with van der Waals surface area (Å²) in [6, 6.07) is 9.56. The lowest BCUT2D eigenvalue weighted by Gasteiger charge is -2.16. The molecule has 90 valence electrons. The summed E-state index contributed by atoms with van der Waals surface area (Å²) in [6.45, 7) is 0.659. The lowest BCUT2D eigenvalue weighted by Crippen LogP contribution is -2.28. The largest absolute Gasteiger partial charge is 0.345 e. The minimum absolute atomic E-state index is 0.0144. The first kappa shape index (κ1) is 13.5. The molecule has 0 aliphatic rings. The average molecular weight is 251 g/mol. The fourth-order valence-electron chi connectivity index (χ4n) is 1.43.